The van der Waals surface area contributed by atoms with Crippen molar-refractivity contribution in [2.24, 2.45) is 0 Å². The molecule has 132 valence electrons. The molecule has 0 aliphatic carbocycles. The van der Waals surface area contributed by atoms with E-state index >= 15 is 0 Å². The number of nitrogens with one attached hydrogen (secondary N) is 1. The van der Waals surface area contributed by atoms with E-state index in [4.69, 9.17) is 0 Å². The molecule has 0 spiro atoms. The van der Waals surface area contributed by atoms with Crippen LogP contribution >= 0.6 is 11.3 Å². The molecule has 0 saturated carbocycles. The van der Waals surface area contributed by atoms with Crippen LogP contribution in [0.15, 0.2) is 29.6 Å². The van der Waals surface area contributed by atoms with Crippen LogP contribution in [-0.4, -0.2) is 66.0 Å². The van der Waals surface area contributed by atoms with Crippen molar-refractivity contribution in [1.82, 2.24) is 20.1 Å². The molecule has 2 aliphatic heterocycles. The fraction of sp³-hybridized carbons (Fsp3) is 0.474. The largest absolute Gasteiger partial charge is 0.337 e. The number of hydrogen-bond donors (Lipinski definition) is 1. The topological polar surface area (TPSA) is 48.5 Å². The van der Waals surface area contributed by atoms with E-state index in [-0.39, 0.29) is 5.91 Å². The summed E-state index contributed by atoms with van der Waals surface area (Å²) in [5.74, 6) is 0.146. The first kappa shape index (κ1) is 16.7. The van der Waals surface area contributed by atoms with Gasteiger partial charge in [0.15, 0.2) is 0 Å². The fourth-order valence-electron chi connectivity index (χ4n) is 3.73. The van der Waals surface area contributed by atoms with Crippen LogP contribution < -0.4 is 5.32 Å². The molecular formula is C19H24N4OS. The van der Waals surface area contributed by atoms with Gasteiger partial charge in [-0.2, -0.15) is 0 Å². The third kappa shape index (κ3) is 3.61. The lowest BCUT2D eigenvalue weighted by molar-refractivity contribution is 0.0773. The smallest absolute Gasteiger partial charge is 0.253 e. The predicted molar refractivity (Wildman–Crippen MR) is 101 cm³/mol. The maximum atomic E-state index is 12.9. The molecule has 1 amide bonds. The van der Waals surface area contributed by atoms with Crippen molar-refractivity contribution < 1.29 is 4.79 Å². The van der Waals surface area contributed by atoms with Gasteiger partial charge in [-0.15, -0.1) is 11.3 Å². The van der Waals surface area contributed by atoms with Crippen molar-refractivity contribution in [2.75, 3.05) is 39.3 Å². The first-order valence-electron chi connectivity index (χ1n) is 8.97. The SMILES string of the molecule is Cc1csc(-c2cccc(C(=O)N3CCC(N4CCNCC4)C3)c2)n1. The van der Waals surface area contributed by atoms with Gasteiger partial charge in [0.2, 0.25) is 0 Å². The minimum Gasteiger partial charge on any atom is -0.337 e. The number of benzene rings is 1. The molecule has 1 N–H and O–H groups in total. The van der Waals surface area contributed by atoms with E-state index in [1.807, 2.05) is 41.5 Å². The van der Waals surface area contributed by atoms with Gasteiger partial charge in [-0.25, -0.2) is 4.98 Å². The molecule has 2 saturated heterocycles. The summed E-state index contributed by atoms with van der Waals surface area (Å²) in [6.07, 6.45) is 1.08. The van der Waals surface area contributed by atoms with Gasteiger partial charge in [0.25, 0.3) is 5.91 Å². The molecule has 4 rings (SSSR count). The van der Waals surface area contributed by atoms with Crippen molar-refractivity contribution in [2.45, 2.75) is 19.4 Å². The van der Waals surface area contributed by atoms with E-state index in [2.05, 4.69) is 15.2 Å². The highest BCUT2D eigenvalue weighted by Gasteiger charge is 2.31. The molecule has 1 unspecified atom stereocenters. The Morgan fingerprint density at radius 3 is 2.88 bits per heavy atom. The third-order valence-electron chi connectivity index (χ3n) is 5.09. The maximum Gasteiger partial charge on any atom is 0.253 e. The highest BCUT2D eigenvalue weighted by atomic mass is 32.1. The first-order valence-corrected chi connectivity index (χ1v) is 9.85. The molecule has 1 aromatic carbocycles. The summed E-state index contributed by atoms with van der Waals surface area (Å²) in [5.41, 5.74) is 2.82. The molecule has 25 heavy (non-hydrogen) atoms. The molecule has 1 aromatic heterocycles. The van der Waals surface area contributed by atoms with Gasteiger partial charge in [0.05, 0.1) is 0 Å². The van der Waals surface area contributed by atoms with Crippen molar-refractivity contribution in [3.05, 3.63) is 40.9 Å². The second-order valence-electron chi connectivity index (χ2n) is 6.85. The van der Waals surface area contributed by atoms with Crippen molar-refractivity contribution >= 4 is 17.2 Å². The Bertz CT molecular complexity index is 753. The van der Waals surface area contributed by atoms with E-state index in [1.165, 1.54) is 0 Å². The maximum absolute atomic E-state index is 12.9. The van der Waals surface area contributed by atoms with Crippen LogP contribution in [0.2, 0.25) is 0 Å². The van der Waals surface area contributed by atoms with Gasteiger partial charge < -0.3 is 10.2 Å². The molecule has 2 fully saturated rings. The lowest BCUT2D eigenvalue weighted by atomic mass is 10.1. The summed E-state index contributed by atoms with van der Waals surface area (Å²) in [6.45, 7) is 7.99. The molecular weight excluding hydrogens is 332 g/mol. The molecule has 5 nitrogen and oxygen atoms in total. The Morgan fingerprint density at radius 1 is 1.28 bits per heavy atom. The number of aromatic nitrogens is 1. The van der Waals surface area contributed by atoms with Crippen LogP contribution in [-0.2, 0) is 0 Å². The molecule has 3 heterocycles. The number of aryl methyl sites for hydroxylation is 1. The van der Waals surface area contributed by atoms with Crippen molar-refractivity contribution in [1.29, 1.82) is 0 Å². The summed E-state index contributed by atoms with van der Waals surface area (Å²) in [4.78, 5) is 22.0. The van der Waals surface area contributed by atoms with E-state index in [1.54, 1.807) is 11.3 Å². The van der Waals surface area contributed by atoms with Crippen LogP contribution in [0.4, 0.5) is 0 Å². The van der Waals surface area contributed by atoms with E-state index < -0.39 is 0 Å². The predicted octanol–water partition coefficient (Wildman–Crippen LogP) is 2.24. The highest BCUT2D eigenvalue weighted by molar-refractivity contribution is 7.13. The fourth-order valence-corrected chi connectivity index (χ4v) is 4.52. The van der Waals surface area contributed by atoms with Crippen LogP contribution in [0.3, 0.4) is 0 Å². The van der Waals surface area contributed by atoms with E-state index in [0.29, 0.717) is 6.04 Å². The molecule has 6 heteroatoms. The summed E-state index contributed by atoms with van der Waals surface area (Å²) in [7, 11) is 0. The molecule has 0 radical (unpaired) electrons. The Hall–Kier alpha value is -1.76. The standard InChI is InChI=1S/C19H24N4OS/c1-14-13-25-18(21-14)15-3-2-4-16(11-15)19(24)23-8-5-17(12-23)22-9-6-20-7-10-22/h2-4,11,13,17,20H,5-10,12H2,1H3. The summed E-state index contributed by atoms with van der Waals surface area (Å²) in [5, 5.41) is 6.42. The zero-order valence-electron chi connectivity index (χ0n) is 14.6. The van der Waals surface area contributed by atoms with Gasteiger partial charge in [-0.3, -0.25) is 9.69 Å². The summed E-state index contributed by atoms with van der Waals surface area (Å²) < 4.78 is 0. The number of piperazine rings is 1. The number of rotatable bonds is 3. The summed E-state index contributed by atoms with van der Waals surface area (Å²) >= 11 is 1.63. The first-order chi connectivity index (χ1) is 12.2. The number of likely N-dealkylation sites (tertiary alicyclic amines) is 1. The molecule has 2 aromatic rings. The second-order valence-corrected chi connectivity index (χ2v) is 7.71. The normalized spacial score (nSPS) is 21.6. The van der Waals surface area contributed by atoms with Gasteiger partial charge in [0, 0.05) is 67.5 Å². The van der Waals surface area contributed by atoms with Crippen LogP contribution in [0.5, 0.6) is 0 Å². The van der Waals surface area contributed by atoms with E-state index in [0.717, 1.165) is 67.5 Å². The quantitative estimate of drug-likeness (QED) is 0.916. The van der Waals surface area contributed by atoms with Gasteiger partial charge in [-0.1, -0.05) is 12.1 Å². The third-order valence-corrected chi connectivity index (χ3v) is 6.10. The number of carbonyl (C=O) groups is 1. The van der Waals surface area contributed by atoms with Crippen LogP contribution in [0.1, 0.15) is 22.5 Å². The number of thiazole rings is 1. The van der Waals surface area contributed by atoms with Crippen LogP contribution in [0, 0.1) is 6.92 Å². The van der Waals surface area contributed by atoms with E-state index in [9.17, 15) is 4.79 Å². The second kappa shape index (κ2) is 7.23. The van der Waals surface area contributed by atoms with Gasteiger partial charge >= 0.3 is 0 Å². The Labute approximate surface area is 152 Å². The number of nitrogens with zero attached hydrogens (tertiary/aromatic N) is 3. The Morgan fingerprint density at radius 2 is 2.12 bits per heavy atom. The lowest BCUT2D eigenvalue weighted by Crippen LogP contribution is -2.49. The van der Waals surface area contributed by atoms with Crippen molar-refractivity contribution in [3.8, 4) is 10.6 Å². The number of carbonyl (C=O) groups excluding carboxylic acids is 1. The minimum atomic E-state index is 0.146. The monoisotopic (exact) mass is 356 g/mol. The average Bonchev–Trinajstić information content (AvgIpc) is 3.31. The molecule has 1 atom stereocenters. The molecule has 2 aliphatic rings. The van der Waals surface area contributed by atoms with Crippen molar-refractivity contribution in [3.63, 3.8) is 0 Å². The summed E-state index contributed by atoms with van der Waals surface area (Å²) in [6, 6.07) is 8.41. The van der Waals surface area contributed by atoms with Gasteiger partial charge in [0.1, 0.15) is 5.01 Å². The number of amides is 1. The van der Waals surface area contributed by atoms with Gasteiger partial charge in [-0.05, 0) is 25.5 Å². The Balaban J connectivity index is 1.46. The Kier molecular flexibility index (Phi) is 4.83. The highest BCUT2D eigenvalue weighted by Crippen LogP contribution is 2.25. The lowest BCUT2D eigenvalue weighted by Gasteiger charge is -2.32. The zero-order valence-corrected chi connectivity index (χ0v) is 15.4. The number of hydrogen-bond acceptors (Lipinski definition) is 5. The zero-order chi connectivity index (χ0) is 17.2. The van der Waals surface area contributed by atoms with Crippen LogP contribution in [0.25, 0.3) is 10.6 Å². The molecule has 0 bridgehead atoms. The average molecular weight is 356 g/mol. The minimum absolute atomic E-state index is 0.146.